The number of fused-ring (bicyclic) bond motifs is 1. The number of carboxylic acid groups (broad SMARTS) is 1. The second kappa shape index (κ2) is 7.57. The van der Waals surface area contributed by atoms with Crippen molar-refractivity contribution in [3.63, 3.8) is 0 Å². The van der Waals surface area contributed by atoms with Crippen LogP contribution in [0.25, 0.3) is 10.2 Å². The maximum atomic E-state index is 14.0. The lowest BCUT2D eigenvalue weighted by molar-refractivity contribution is -0.137. The summed E-state index contributed by atoms with van der Waals surface area (Å²) in [6, 6.07) is 9.87. The third kappa shape index (κ3) is 4.20. The molecule has 26 heavy (non-hydrogen) atoms. The number of thiazole rings is 1. The van der Waals surface area contributed by atoms with E-state index in [9.17, 15) is 18.4 Å². The molecular formula is C18H14F2N2O3S. The van der Waals surface area contributed by atoms with Gasteiger partial charge in [0.2, 0.25) is 5.91 Å². The first-order valence-electron chi connectivity index (χ1n) is 7.74. The Labute approximate surface area is 151 Å². The summed E-state index contributed by atoms with van der Waals surface area (Å²) in [4.78, 5) is 27.6. The number of carboxylic acids is 1. The number of carbonyl (C=O) groups is 2. The van der Waals surface area contributed by atoms with Crippen LogP contribution in [0.2, 0.25) is 0 Å². The molecular weight excluding hydrogens is 362 g/mol. The average Bonchev–Trinajstić information content (AvgIpc) is 2.95. The number of halogens is 2. The quantitative estimate of drug-likeness (QED) is 0.677. The molecule has 2 aromatic carbocycles. The van der Waals surface area contributed by atoms with Crippen molar-refractivity contribution in [3.8, 4) is 0 Å². The number of anilines is 1. The molecule has 0 saturated heterocycles. The van der Waals surface area contributed by atoms with Gasteiger partial charge >= 0.3 is 5.97 Å². The Bertz CT molecular complexity index is 974. The molecule has 8 heteroatoms. The Morgan fingerprint density at radius 1 is 1.15 bits per heavy atom. The molecule has 0 spiro atoms. The van der Waals surface area contributed by atoms with Gasteiger partial charge in [0.25, 0.3) is 0 Å². The van der Waals surface area contributed by atoms with E-state index in [4.69, 9.17) is 5.11 Å². The second-order valence-electron chi connectivity index (χ2n) is 5.70. The fourth-order valence-corrected chi connectivity index (χ4v) is 3.56. The number of carbonyl (C=O) groups excluding carboxylic acids is 1. The molecule has 3 rings (SSSR count). The summed E-state index contributed by atoms with van der Waals surface area (Å²) >= 11 is 1.11. The van der Waals surface area contributed by atoms with E-state index in [1.807, 2.05) is 0 Å². The average molecular weight is 376 g/mol. The Morgan fingerprint density at radius 3 is 2.65 bits per heavy atom. The highest BCUT2D eigenvalue weighted by atomic mass is 32.1. The van der Waals surface area contributed by atoms with E-state index in [2.05, 4.69) is 10.3 Å². The van der Waals surface area contributed by atoms with Crippen molar-refractivity contribution in [2.24, 2.45) is 0 Å². The van der Waals surface area contributed by atoms with E-state index in [0.717, 1.165) is 11.3 Å². The molecule has 0 aliphatic heterocycles. The maximum absolute atomic E-state index is 14.0. The monoisotopic (exact) mass is 376 g/mol. The standard InChI is InChI=1S/C18H14F2N2O3S/c19-11-5-6-14-15(9-11)26-18(21-14)22-16(23)7-10(8-17(24)25)12-3-1-2-4-13(12)20/h1-6,9-10H,7-8H2,(H,24,25)(H,21,22,23). The predicted molar refractivity (Wildman–Crippen MR) is 94.2 cm³/mol. The zero-order valence-electron chi connectivity index (χ0n) is 13.4. The summed E-state index contributed by atoms with van der Waals surface area (Å²) in [5, 5.41) is 11.9. The molecule has 2 N–H and O–H groups in total. The lowest BCUT2D eigenvalue weighted by Gasteiger charge is -2.15. The number of rotatable bonds is 6. The number of hydrogen-bond acceptors (Lipinski definition) is 4. The van der Waals surface area contributed by atoms with Crippen LogP contribution >= 0.6 is 11.3 Å². The van der Waals surface area contributed by atoms with E-state index in [-0.39, 0.29) is 23.5 Å². The Hall–Kier alpha value is -2.87. The molecule has 1 aromatic heterocycles. The fraction of sp³-hybridized carbons (Fsp3) is 0.167. The molecule has 1 heterocycles. The minimum Gasteiger partial charge on any atom is -0.481 e. The van der Waals surface area contributed by atoms with Crippen molar-refractivity contribution in [2.45, 2.75) is 18.8 Å². The second-order valence-corrected chi connectivity index (χ2v) is 6.73. The van der Waals surface area contributed by atoms with Gasteiger partial charge in [0.1, 0.15) is 11.6 Å². The van der Waals surface area contributed by atoms with Crippen LogP contribution in [0.3, 0.4) is 0 Å². The highest BCUT2D eigenvalue weighted by molar-refractivity contribution is 7.22. The van der Waals surface area contributed by atoms with Gasteiger partial charge in [0.15, 0.2) is 5.13 Å². The summed E-state index contributed by atoms with van der Waals surface area (Å²) in [5.74, 6) is -3.37. The van der Waals surface area contributed by atoms with Gasteiger partial charge in [0, 0.05) is 12.3 Å². The summed E-state index contributed by atoms with van der Waals surface area (Å²) < 4.78 is 27.8. The van der Waals surface area contributed by atoms with Gasteiger partial charge in [-0.2, -0.15) is 0 Å². The Morgan fingerprint density at radius 2 is 1.92 bits per heavy atom. The minimum atomic E-state index is -1.12. The third-order valence-corrected chi connectivity index (χ3v) is 4.73. The normalized spacial score (nSPS) is 12.1. The number of nitrogens with zero attached hydrogens (tertiary/aromatic N) is 1. The molecule has 134 valence electrons. The molecule has 0 aliphatic carbocycles. The van der Waals surface area contributed by atoms with Crippen LogP contribution < -0.4 is 5.32 Å². The first-order valence-corrected chi connectivity index (χ1v) is 8.56. The van der Waals surface area contributed by atoms with Crippen molar-refractivity contribution in [3.05, 3.63) is 59.7 Å². The Kier molecular flexibility index (Phi) is 5.22. The zero-order chi connectivity index (χ0) is 18.7. The van der Waals surface area contributed by atoms with Gasteiger partial charge in [-0.15, -0.1) is 0 Å². The molecule has 0 saturated carbocycles. The Balaban J connectivity index is 1.76. The van der Waals surface area contributed by atoms with Gasteiger partial charge < -0.3 is 10.4 Å². The van der Waals surface area contributed by atoms with E-state index in [1.165, 1.54) is 36.4 Å². The van der Waals surface area contributed by atoms with Crippen molar-refractivity contribution in [1.29, 1.82) is 0 Å². The number of hydrogen-bond donors (Lipinski definition) is 2. The van der Waals surface area contributed by atoms with E-state index < -0.39 is 29.4 Å². The van der Waals surface area contributed by atoms with Crippen LogP contribution in [0, 0.1) is 11.6 Å². The lowest BCUT2D eigenvalue weighted by atomic mass is 9.92. The highest BCUT2D eigenvalue weighted by Gasteiger charge is 2.22. The molecule has 0 fully saturated rings. The number of nitrogens with one attached hydrogen (secondary N) is 1. The number of aliphatic carboxylic acids is 1. The first-order chi connectivity index (χ1) is 12.4. The number of amides is 1. The SMILES string of the molecule is O=C(O)CC(CC(=O)Nc1nc2ccc(F)cc2s1)c1ccccc1F. The number of benzene rings is 2. The van der Waals surface area contributed by atoms with Crippen molar-refractivity contribution < 1.29 is 23.5 Å². The maximum Gasteiger partial charge on any atom is 0.303 e. The van der Waals surface area contributed by atoms with Gasteiger partial charge in [-0.25, -0.2) is 13.8 Å². The number of aromatic nitrogens is 1. The molecule has 1 atom stereocenters. The summed E-state index contributed by atoms with van der Waals surface area (Å²) in [6.07, 6.45) is -0.586. The largest absolute Gasteiger partial charge is 0.481 e. The van der Waals surface area contributed by atoms with Crippen molar-refractivity contribution in [2.75, 3.05) is 5.32 Å². The van der Waals surface area contributed by atoms with Gasteiger partial charge in [-0.05, 0) is 29.8 Å². The van der Waals surface area contributed by atoms with Gasteiger partial charge in [0.05, 0.1) is 16.6 Å². The van der Waals surface area contributed by atoms with Crippen LogP contribution in [-0.2, 0) is 9.59 Å². The smallest absolute Gasteiger partial charge is 0.303 e. The molecule has 1 unspecified atom stereocenters. The zero-order valence-corrected chi connectivity index (χ0v) is 14.2. The predicted octanol–water partition coefficient (Wildman–Crippen LogP) is 4.16. The fourth-order valence-electron chi connectivity index (χ4n) is 2.66. The van der Waals surface area contributed by atoms with Crippen LogP contribution in [0.1, 0.15) is 24.3 Å². The van der Waals surface area contributed by atoms with Gasteiger partial charge in [-0.1, -0.05) is 29.5 Å². The molecule has 5 nitrogen and oxygen atoms in total. The molecule has 1 amide bonds. The van der Waals surface area contributed by atoms with Crippen molar-refractivity contribution >= 4 is 38.6 Å². The van der Waals surface area contributed by atoms with Crippen LogP contribution in [0.15, 0.2) is 42.5 Å². The van der Waals surface area contributed by atoms with E-state index >= 15 is 0 Å². The summed E-state index contributed by atoms with van der Waals surface area (Å²) in [6.45, 7) is 0. The van der Waals surface area contributed by atoms with Crippen LogP contribution in [0.4, 0.5) is 13.9 Å². The van der Waals surface area contributed by atoms with Crippen molar-refractivity contribution in [1.82, 2.24) is 4.98 Å². The van der Waals surface area contributed by atoms with Crippen LogP contribution in [0.5, 0.6) is 0 Å². The molecule has 0 radical (unpaired) electrons. The van der Waals surface area contributed by atoms with E-state index in [1.54, 1.807) is 6.07 Å². The van der Waals surface area contributed by atoms with E-state index in [0.29, 0.717) is 10.2 Å². The molecule has 0 aliphatic rings. The minimum absolute atomic E-state index is 0.177. The third-order valence-electron chi connectivity index (χ3n) is 3.79. The summed E-state index contributed by atoms with van der Waals surface area (Å²) in [7, 11) is 0. The summed E-state index contributed by atoms with van der Waals surface area (Å²) in [5.41, 5.74) is 0.722. The van der Waals surface area contributed by atoms with Crippen LogP contribution in [-0.4, -0.2) is 22.0 Å². The topological polar surface area (TPSA) is 79.3 Å². The lowest BCUT2D eigenvalue weighted by Crippen LogP contribution is -2.18. The van der Waals surface area contributed by atoms with Gasteiger partial charge in [-0.3, -0.25) is 9.59 Å². The first kappa shape index (κ1) is 17.9. The molecule has 3 aromatic rings. The highest BCUT2D eigenvalue weighted by Crippen LogP contribution is 2.29. The molecule has 0 bridgehead atoms.